The minimum Gasteiger partial charge on any atom is -0.444 e. The first-order chi connectivity index (χ1) is 11.7. The van der Waals surface area contributed by atoms with Crippen molar-refractivity contribution in [2.24, 2.45) is 11.8 Å². The summed E-state index contributed by atoms with van der Waals surface area (Å²) in [6, 6.07) is 11.1. The molecule has 0 spiro atoms. The van der Waals surface area contributed by atoms with Crippen LogP contribution in [-0.4, -0.2) is 46.7 Å². The number of hydrogen-bond donors (Lipinski definition) is 0. The third-order valence-corrected chi connectivity index (χ3v) is 5.69. The molecule has 0 N–H and O–H groups in total. The van der Waals surface area contributed by atoms with Gasteiger partial charge >= 0.3 is 6.09 Å². The number of benzene rings is 1. The Bertz CT molecular complexity index is 578. The molecule has 4 heteroatoms. The molecular formula is C21H32N2O2. The minimum absolute atomic E-state index is 0.154. The fourth-order valence-corrected chi connectivity index (χ4v) is 4.42. The Labute approximate surface area is 152 Å². The normalized spacial score (nSPS) is 30.2. The summed E-state index contributed by atoms with van der Waals surface area (Å²) >= 11 is 0. The van der Waals surface area contributed by atoms with Crippen LogP contribution in [0, 0.1) is 11.8 Å². The van der Waals surface area contributed by atoms with Gasteiger partial charge in [-0.15, -0.1) is 0 Å². The van der Waals surface area contributed by atoms with Gasteiger partial charge in [-0.25, -0.2) is 4.79 Å². The maximum Gasteiger partial charge on any atom is 0.410 e. The lowest BCUT2D eigenvalue weighted by molar-refractivity contribution is -0.0582. The van der Waals surface area contributed by atoms with E-state index < -0.39 is 5.60 Å². The number of carbonyl (C=O) groups excluding carboxylic acids is 1. The zero-order valence-corrected chi connectivity index (χ0v) is 16.2. The summed E-state index contributed by atoms with van der Waals surface area (Å²) in [5.41, 5.74) is 0.925. The van der Waals surface area contributed by atoms with Gasteiger partial charge in [0.15, 0.2) is 0 Å². The summed E-state index contributed by atoms with van der Waals surface area (Å²) in [5.74, 6) is 1.04. The van der Waals surface area contributed by atoms with Gasteiger partial charge in [-0.1, -0.05) is 30.3 Å². The summed E-state index contributed by atoms with van der Waals surface area (Å²) in [6.07, 6.45) is 1.06. The zero-order valence-electron chi connectivity index (χ0n) is 16.2. The number of fused-ring (bicyclic) bond motifs is 2. The third kappa shape index (κ3) is 4.17. The van der Waals surface area contributed by atoms with Crippen LogP contribution in [0.4, 0.5) is 4.79 Å². The van der Waals surface area contributed by atoms with E-state index in [9.17, 15) is 4.79 Å². The van der Waals surface area contributed by atoms with Crippen molar-refractivity contribution >= 4 is 6.09 Å². The predicted octanol–water partition coefficient (Wildman–Crippen LogP) is 4.15. The van der Waals surface area contributed by atoms with Crippen LogP contribution >= 0.6 is 0 Å². The van der Waals surface area contributed by atoms with Crippen molar-refractivity contribution in [2.75, 3.05) is 13.1 Å². The van der Waals surface area contributed by atoms with Crippen LogP contribution in [0.5, 0.6) is 0 Å². The van der Waals surface area contributed by atoms with Crippen molar-refractivity contribution in [3.63, 3.8) is 0 Å². The van der Waals surface area contributed by atoms with Crippen LogP contribution in [0.1, 0.15) is 46.6 Å². The Hall–Kier alpha value is -1.55. The van der Waals surface area contributed by atoms with E-state index in [-0.39, 0.29) is 18.2 Å². The predicted molar refractivity (Wildman–Crippen MR) is 100 cm³/mol. The topological polar surface area (TPSA) is 32.8 Å². The quantitative estimate of drug-likeness (QED) is 0.808. The SMILES string of the molecule is CC1C2CC(CN(Cc3ccccc3)C2)C(C)N1C(=O)OC(C)(C)C. The molecule has 138 valence electrons. The van der Waals surface area contributed by atoms with Gasteiger partial charge in [0.25, 0.3) is 0 Å². The first-order valence-electron chi connectivity index (χ1n) is 9.52. The number of likely N-dealkylation sites (tertiary alicyclic amines) is 2. The maximum atomic E-state index is 12.7. The lowest BCUT2D eigenvalue weighted by Crippen LogP contribution is -2.62. The molecule has 1 amide bonds. The molecule has 0 radical (unpaired) electrons. The summed E-state index contributed by atoms with van der Waals surface area (Å²) in [6.45, 7) is 13.3. The van der Waals surface area contributed by atoms with Crippen molar-refractivity contribution in [3.8, 4) is 0 Å². The highest BCUT2D eigenvalue weighted by atomic mass is 16.6. The van der Waals surface area contributed by atoms with Crippen molar-refractivity contribution < 1.29 is 9.53 Å². The highest BCUT2D eigenvalue weighted by molar-refractivity contribution is 5.69. The fourth-order valence-electron chi connectivity index (χ4n) is 4.42. The monoisotopic (exact) mass is 344 g/mol. The van der Waals surface area contributed by atoms with Crippen molar-refractivity contribution in [3.05, 3.63) is 35.9 Å². The van der Waals surface area contributed by atoms with Crippen molar-refractivity contribution in [1.29, 1.82) is 0 Å². The molecule has 4 nitrogen and oxygen atoms in total. The molecule has 0 aromatic heterocycles. The van der Waals surface area contributed by atoms with Crippen molar-refractivity contribution in [2.45, 2.75) is 65.3 Å². The maximum absolute atomic E-state index is 12.7. The van der Waals surface area contributed by atoms with Gasteiger partial charge in [0.1, 0.15) is 5.60 Å². The van der Waals surface area contributed by atoms with Gasteiger partial charge in [0, 0.05) is 31.7 Å². The van der Waals surface area contributed by atoms with Crippen molar-refractivity contribution in [1.82, 2.24) is 9.80 Å². The summed E-state index contributed by atoms with van der Waals surface area (Å²) in [5, 5.41) is 0. The second kappa shape index (κ2) is 6.99. The Morgan fingerprint density at radius 2 is 1.64 bits per heavy atom. The molecule has 1 aromatic carbocycles. The Balaban J connectivity index is 1.70. The molecule has 2 heterocycles. The Kier molecular flexibility index (Phi) is 5.10. The van der Waals surface area contributed by atoms with Gasteiger partial charge in [-0.05, 0) is 58.4 Å². The van der Waals surface area contributed by atoms with Crippen LogP contribution in [-0.2, 0) is 11.3 Å². The van der Waals surface area contributed by atoms with Crippen LogP contribution in [0.25, 0.3) is 0 Å². The number of carbonyl (C=O) groups is 1. The molecule has 4 atom stereocenters. The smallest absolute Gasteiger partial charge is 0.410 e. The summed E-state index contributed by atoms with van der Waals surface area (Å²) in [4.78, 5) is 17.3. The average Bonchev–Trinajstić information content (AvgIpc) is 2.52. The lowest BCUT2D eigenvalue weighted by atomic mass is 9.76. The third-order valence-electron chi connectivity index (χ3n) is 5.69. The zero-order chi connectivity index (χ0) is 18.2. The second-order valence-corrected chi connectivity index (χ2v) is 8.80. The second-order valence-electron chi connectivity index (χ2n) is 8.80. The average molecular weight is 344 g/mol. The molecule has 2 saturated heterocycles. The molecule has 3 rings (SSSR count). The van der Waals surface area contributed by atoms with Crippen LogP contribution in [0.15, 0.2) is 30.3 Å². The molecular weight excluding hydrogens is 312 g/mol. The number of nitrogens with zero attached hydrogens (tertiary/aromatic N) is 2. The molecule has 1 aromatic rings. The molecule has 2 aliphatic heterocycles. The van der Waals surface area contributed by atoms with Crippen LogP contribution in [0.3, 0.4) is 0 Å². The Morgan fingerprint density at radius 1 is 1.08 bits per heavy atom. The van der Waals surface area contributed by atoms with E-state index in [1.165, 1.54) is 12.0 Å². The van der Waals surface area contributed by atoms with Gasteiger partial charge in [-0.3, -0.25) is 4.90 Å². The van der Waals surface area contributed by atoms with E-state index in [1.54, 1.807) is 0 Å². The Morgan fingerprint density at radius 3 is 2.16 bits per heavy atom. The number of ether oxygens (including phenoxy) is 1. The minimum atomic E-state index is -0.442. The molecule has 4 unspecified atom stereocenters. The largest absolute Gasteiger partial charge is 0.444 e. The fraction of sp³-hybridized carbons (Fsp3) is 0.667. The molecule has 2 fully saturated rings. The number of hydrogen-bond acceptors (Lipinski definition) is 3. The van der Waals surface area contributed by atoms with E-state index in [2.05, 4.69) is 49.1 Å². The molecule has 25 heavy (non-hydrogen) atoms. The number of amides is 1. The van der Waals surface area contributed by atoms with E-state index in [4.69, 9.17) is 4.74 Å². The number of piperidine rings is 2. The lowest BCUT2D eigenvalue weighted by Gasteiger charge is -2.53. The molecule has 0 saturated carbocycles. The van der Waals surface area contributed by atoms with E-state index in [0.29, 0.717) is 11.8 Å². The first kappa shape index (κ1) is 18.2. The van der Waals surface area contributed by atoms with Crippen LogP contribution in [0.2, 0.25) is 0 Å². The van der Waals surface area contributed by atoms with E-state index in [1.807, 2.05) is 25.7 Å². The summed E-state index contributed by atoms with van der Waals surface area (Å²) < 4.78 is 5.68. The van der Waals surface area contributed by atoms with Gasteiger partial charge in [0.05, 0.1) is 0 Å². The van der Waals surface area contributed by atoms with Crippen LogP contribution < -0.4 is 0 Å². The highest BCUT2D eigenvalue weighted by Gasteiger charge is 2.46. The number of rotatable bonds is 2. The standard InChI is InChI=1S/C21H32N2O2/c1-15-18-11-19(16(2)23(15)20(24)25-21(3,4)5)14-22(13-18)12-17-9-7-6-8-10-17/h6-10,15-16,18-19H,11-14H2,1-5H3. The summed E-state index contributed by atoms with van der Waals surface area (Å²) in [7, 11) is 0. The van der Waals surface area contributed by atoms with E-state index >= 15 is 0 Å². The van der Waals surface area contributed by atoms with Gasteiger partial charge < -0.3 is 9.64 Å². The highest BCUT2D eigenvalue weighted by Crippen LogP contribution is 2.38. The van der Waals surface area contributed by atoms with E-state index in [0.717, 1.165) is 19.6 Å². The molecule has 2 aliphatic rings. The van der Waals surface area contributed by atoms with Gasteiger partial charge in [0.2, 0.25) is 0 Å². The molecule has 2 bridgehead atoms. The molecule has 0 aliphatic carbocycles. The van der Waals surface area contributed by atoms with Gasteiger partial charge in [-0.2, -0.15) is 0 Å². The first-order valence-corrected chi connectivity index (χ1v) is 9.52.